The molecule has 1 atom stereocenters. The number of aliphatic hydroxyl groups excluding tert-OH is 1. The molecule has 0 bridgehead atoms. The van der Waals surface area contributed by atoms with Crippen molar-refractivity contribution in [2.75, 3.05) is 12.4 Å². The molecule has 0 saturated carbocycles. The predicted molar refractivity (Wildman–Crippen MR) is 98.5 cm³/mol. The standard InChI is InChI=1S/C20H21N3O/c21-23-13-18(16-7-2-4-10-20(16)23)14(8-5-11-24)17-12-22-19-9-3-1-6-15(17)19/h1-4,6-7,9-10,12-14,22,24H,5,8,11,21H2. The molecule has 4 aromatic rings. The van der Waals surface area contributed by atoms with Crippen LogP contribution in [-0.2, 0) is 0 Å². The summed E-state index contributed by atoms with van der Waals surface area (Å²) in [4.78, 5) is 3.37. The summed E-state index contributed by atoms with van der Waals surface area (Å²) in [5, 5.41) is 11.8. The monoisotopic (exact) mass is 319 g/mol. The third kappa shape index (κ3) is 2.36. The minimum atomic E-state index is 0.195. The fourth-order valence-corrected chi connectivity index (χ4v) is 3.67. The van der Waals surface area contributed by atoms with Gasteiger partial charge in [-0.3, -0.25) is 4.68 Å². The molecule has 2 aromatic carbocycles. The Bertz CT molecular complexity index is 983. The summed E-state index contributed by atoms with van der Waals surface area (Å²) < 4.78 is 1.70. The molecule has 4 rings (SSSR count). The van der Waals surface area contributed by atoms with Crippen LogP contribution in [-0.4, -0.2) is 21.4 Å². The van der Waals surface area contributed by atoms with Crippen molar-refractivity contribution in [3.63, 3.8) is 0 Å². The summed E-state index contributed by atoms with van der Waals surface area (Å²) in [6.07, 6.45) is 5.75. The summed E-state index contributed by atoms with van der Waals surface area (Å²) in [5.74, 6) is 6.37. The molecule has 122 valence electrons. The molecule has 0 radical (unpaired) electrons. The van der Waals surface area contributed by atoms with Gasteiger partial charge in [0.25, 0.3) is 0 Å². The van der Waals surface area contributed by atoms with Gasteiger partial charge in [-0.05, 0) is 36.1 Å². The summed E-state index contributed by atoms with van der Waals surface area (Å²) in [6, 6.07) is 16.6. The predicted octanol–water partition coefficient (Wildman–Crippen LogP) is 3.74. The maximum atomic E-state index is 9.35. The molecule has 2 aromatic heterocycles. The lowest BCUT2D eigenvalue weighted by Gasteiger charge is -2.16. The van der Waals surface area contributed by atoms with Crippen LogP contribution in [0, 0.1) is 0 Å². The molecule has 0 amide bonds. The zero-order valence-electron chi connectivity index (χ0n) is 13.4. The van der Waals surface area contributed by atoms with Gasteiger partial charge in [0, 0.05) is 41.2 Å². The van der Waals surface area contributed by atoms with Gasteiger partial charge in [-0.2, -0.15) is 0 Å². The van der Waals surface area contributed by atoms with Gasteiger partial charge in [-0.1, -0.05) is 36.4 Å². The Morgan fingerprint density at radius 3 is 2.58 bits per heavy atom. The number of hydrogen-bond donors (Lipinski definition) is 3. The number of H-pyrrole nitrogens is 1. The highest BCUT2D eigenvalue weighted by Gasteiger charge is 2.21. The lowest BCUT2D eigenvalue weighted by molar-refractivity contribution is 0.282. The largest absolute Gasteiger partial charge is 0.396 e. The SMILES string of the molecule is Nn1cc(C(CCCO)c2c[nH]c3ccccc23)c2ccccc21. The topological polar surface area (TPSA) is 67.0 Å². The molecule has 4 heteroatoms. The van der Waals surface area contributed by atoms with Gasteiger partial charge in [0.2, 0.25) is 0 Å². The van der Waals surface area contributed by atoms with E-state index < -0.39 is 0 Å². The van der Waals surface area contributed by atoms with Crippen LogP contribution in [0.25, 0.3) is 21.8 Å². The quantitative estimate of drug-likeness (QED) is 0.491. The molecule has 0 aliphatic heterocycles. The van der Waals surface area contributed by atoms with Crippen molar-refractivity contribution in [2.24, 2.45) is 0 Å². The number of nitrogens with one attached hydrogen (secondary N) is 1. The van der Waals surface area contributed by atoms with Crippen LogP contribution in [0.2, 0.25) is 0 Å². The molecular weight excluding hydrogens is 298 g/mol. The molecule has 2 heterocycles. The first-order valence-electron chi connectivity index (χ1n) is 8.31. The van der Waals surface area contributed by atoms with Gasteiger partial charge in [-0.15, -0.1) is 0 Å². The van der Waals surface area contributed by atoms with Crippen LogP contribution in [0.3, 0.4) is 0 Å². The van der Waals surface area contributed by atoms with E-state index in [9.17, 15) is 5.11 Å². The van der Waals surface area contributed by atoms with Gasteiger partial charge in [0.05, 0.1) is 5.52 Å². The molecule has 4 N–H and O–H groups in total. The second kappa shape index (κ2) is 6.06. The third-order valence-electron chi connectivity index (χ3n) is 4.79. The molecule has 24 heavy (non-hydrogen) atoms. The molecule has 0 aliphatic carbocycles. The van der Waals surface area contributed by atoms with Crippen LogP contribution in [0.1, 0.15) is 29.9 Å². The van der Waals surface area contributed by atoms with Crippen molar-refractivity contribution in [1.82, 2.24) is 9.66 Å². The van der Waals surface area contributed by atoms with E-state index >= 15 is 0 Å². The molecule has 1 unspecified atom stereocenters. The first-order chi connectivity index (χ1) is 11.8. The Hall–Kier alpha value is -2.72. The number of aliphatic hydroxyl groups is 1. The molecule has 0 spiro atoms. The Morgan fingerprint density at radius 2 is 1.75 bits per heavy atom. The lowest BCUT2D eigenvalue weighted by Crippen LogP contribution is -2.06. The van der Waals surface area contributed by atoms with Crippen molar-refractivity contribution in [1.29, 1.82) is 0 Å². The molecule has 0 aliphatic rings. The normalized spacial score (nSPS) is 12.9. The summed E-state index contributed by atoms with van der Waals surface area (Å²) >= 11 is 0. The van der Waals surface area contributed by atoms with Crippen LogP contribution in [0.5, 0.6) is 0 Å². The Morgan fingerprint density at radius 1 is 1.00 bits per heavy atom. The van der Waals surface area contributed by atoms with Crippen LogP contribution >= 0.6 is 0 Å². The average molecular weight is 319 g/mol. The van der Waals surface area contributed by atoms with Crippen molar-refractivity contribution < 1.29 is 5.11 Å². The van der Waals surface area contributed by atoms with Gasteiger partial charge >= 0.3 is 0 Å². The maximum absolute atomic E-state index is 9.35. The van der Waals surface area contributed by atoms with Crippen LogP contribution < -0.4 is 5.84 Å². The van der Waals surface area contributed by atoms with E-state index in [2.05, 4.69) is 35.4 Å². The highest BCUT2D eigenvalue weighted by molar-refractivity contribution is 5.88. The van der Waals surface area contributed by atoms with E-state index in [1.807, 2.05) is 30.5 Å². The number of benzene rings is 2. The first kappa shape index (κ1) is 14.8. The highest BCUT2D eigenvalue weighted by atomic mass is 16.2. The van der Waals surface area contributed by atoms with Crippen molar-refractivity contribution >= 4 is 21.8 Å². The number of nitrogens with zero attached hydrogens (tertiary/aromatic N) is 1. The number of para-hydroxylation sites is 2. The number of rotatable bonds is 5. The summed E-state index contributed by atoms with van der Waals surface area (Å²) in [7, 11) is 0. The molecule has 4 nitrogen and oxygen atoms in total. The molecule has 0 saturated heterocycles. The van der Waals surface area contributed by atoms with E-state index in [1.54, 1.807) is 4.68 Å². The van der Waals surface area contributed by atoms with E-state index in [0.717, 1.165) is 23.9 Å². The third-order valence-corrected chi connectivity index (χ3v) is 4.79. The Labute approximate surface area is 140 Å². The van der Waals surface area contributed by atoms with E-state index in [-0.39, 0.29) is 12.5 Å². The maximum Gasteiger partial charge on any atom is 0.0693 e. The zero-order chi connectivity index (χ0) is 16.5. The van der Waals surface area contributed by atoms with Crippen molar-refractivity contribution in [3.05, 3.63) is 72.1 Å². The second-order valence-corrected chi connectivity index (χ2v) is 6.22. The van der Waals surface area contributed by atoms with Crippen molar-refractivity contribution in [3.8, 4) is 0 Å². The fraction of sp³-hybridized carbons (Fsp3) is 0.200. The van der Waals surface area contributed by atoms with Crippen molar-refractivity contribution in [2.45, 2.75) is 18.8 Å². The number of nitrogen functional groups attached to an aromatic ring is 1. The summed E-state index contributed by atoms with van der Waals surface area (Å²) in [6.45, 7) is 0.195. The summed E-state index contributed by atoms with van der Waals surface area (Å²) in [5.41, 5.74) is 4.64. The minimum Gasteiger partial charge on any atom is -0.396 e. The Balaban J connectivity index is 1.90. The van der Waals surface area contributed by atoms with E-state index in [1.165, 1.54) is 21.9 Å². The van der Waals surface area contributed by atoms with E-state index in [0.29, 0.717) is 0 Å². The number of fused-ring (bicyclic) bond motifs is 2. The highest BCUT2D eigenvalue weighted by Crippen LogP contribution is 2.37. The lowest BCUT2D eigenvalue weighted by atomic mass is 9.87. The minimum absolute atomic E-state index is 0.195. The smallest absolute Gasteiger partial charge is 0.0693 e. The second-order valence-electron chi connectivity index (χ2n) is 6.22. The Kier molecular flexibility index (Phi) is 3.75. The zero-order valence-corrected chi connectivity index (χ0v) is 13.4. The van der Waals surface area contributed by atoms with Gasteiger partial charge in [0.1, 0.15) is 0 Å². The number of aromatic amines is 1. The van der Waals surface area contributed by atoms with E-state index in [4.69, 9.17) is 5.84 Å². The molecular formula is C20H21N3O. The van der Waals surface area contributed by atoms with Gasteiger partial charge in [0.15, 0.2) is 0 Å². The van der Waals surface area contributed by atoms with Gasteiger partial charge in [-0.25, -0.2) is 0 Å². The fourth-order valence-electron chi connectivity index (χ4n) is 3.67. The first-order valence-corrected chi connectivity index (χ1v) is 8.31. The van der Waals surface area contributed by atoms with Crippen LogP contribution in [0.4, 0.5) is 0 Å². The van der Waals surface area contributed by atoms with Gasteiger partial charge < -0.3 is 15.9 Å². The number of aromatic nitrogens is 2. The average Bonchev–Trinajstić information content (AvgIpc) is 3.18. The number of hydrogen-bond acceptors (Lipinski definition) is 2. The number of nitrogens with two attached hydrogens (primary N) is 1. The van der Waals surface area contributed by atoms with Crippen LogP contribution in [0.15, 0.2) is 60.9 Å². The molecule has 0 fully saturated rings.